The summed E-state index contributed by atoms with van der Waals surface area (Å²) >= 11 is 0. The van der Waals surface area contributed by atoms with Crippen LogP contribution in [-0.2, 0) is 13.0 Å². The van der Waals surface area contributed by atoms with E-state index >= 15 is 0 Å². The van der Waals surface area contributed by atoms with Gasteiger partial charge in [-0.1, -0.05) is 36.4 Å². The molecule has 0 aliphatic carbocycles. The van der Waals surface area contributed by atoms with Gasteiger partial charge in [0.25, 0.3) is 5.91 Å². The van der Waals surface area contributed by atoms with Crippen LogP contribution in [-0.4, -0.2) is 35.5 Å². The Kier molecular flexibility index (Phi) is 8.94. The van der Waals surface area contributed by atoms with Crippen molar-refractivity contribution in [2.24, 2.45) is 5.73 Å². The van der Waals surface area contributed by atoms with E-state index in [9.17, 15) is 14.4 Å². The number of nitriles is 1. The van der Waals surface area contributed by atoms with Gasteiger partial charge in [-0.2, -0.15) is 5.26 Å². The lowest BCUT2D eigenvalue weighted by Gasteiger charge is -2.14. The summed E-state index contributed by atoms with van der Waals surface area (Å²) in [6, 6.07) is 24.6. The van der Waals surface area contributed by atoms with Gasteiger partial charge in [0.1, 0.15) is 17.5 Å². The van der Waals surface area contributed by atoms with Crippen molar-refractivity contribution in [3.63, 3.8) is 0 Å². The first-order valence-electron chi connectivity index (χ1n) is 12.2. The predicted octanol–water partition coefficient (Wildman–Crippen LogP) is 4.11. The SMILES string of the molecule is N#Cc1ccccc1-c1ccc(C(=O)NCc2cccc(NCCN)n2)c(NCCc2cccc(F)c2)n1. The first kappa shape index (κ1) is 26.3. The fourth-order valence-electron chi connectivity index (χ4n) is 3.89. The van der Waals surface area contributed by atoms with E-state index in [4.69, 9.17) is 5.73 Å². The molecule has 0 radical (unpaired) electrons. The van der Waals surface area contributed by atoms with E-state index in [-0.39, 0.29) is 18.3 Å². The van der Waals surface area contributed by atoms with Crippen molar-refractivity contribution < 1.29 is 9.18 Å². The Morgan fingerprint density at radius 2 is 1.79 bits per heavy atom. The van der Waals surface area contributed by atoms with Crippen LogP contribution in [0.25, 0.3) is 11.3 Å². The highest BCUT2D eigenvalue weighted by Crippen LogP contribution is 2.25. The Balaban J connectivity index is 1.54. The average molecular weight is 510 g/mol. The van der Waals surface area contributed by atoms with E-state index in [1.165, 1.54) is 12.1 Å². The van der Waals surface area contributed by atoms with Gasteiger partial charge >= 0.3 is 0 Å². The van der Waals surface area contributed by atoms with Crippen molar-refractivity contribution in [2.75, 3.05) is 30.3 Å². The number of amides is 1. The van der Waals surface area contributed by atoms with E-state index in [0.29, 0.717) is 65.8 Å². The molecule has 0 saturated carbocycles. The first-order valence-corrected chi connectivity index (χ1v) is 12.2. The third-order valence-corrected chi connectivity index (χ3v) is 5.75. The molecule has 0 aliphatic rings. The molecule has 0 saturated heterocycles. The van der Waals surface area contributed by atoms with Crippen molar-refractivity contribution in [3.8, 4) is 17.3 Å². The summed E-state index contributed by atoms with van der Waals surface area (Å²) in [5, 5.41) is 18.8. The minimum atomic E-state index is -0.326. The smallest absolute Gasteiger partial charge is 0.255 e. The summed E-state index contributed by atoms with van der Waals surface area (Å²) in [5.74, 6) is 0.430. The Bertz CT molecular complexity index is 1450. The second-order valence-electron chi connectivity index (χ2n) is 8.47. The van der Waals surface area contributed by atoms with Crippen LogP contribution in [0.4, 0.5) is 16.0 Å². The third kappa shape index (κ3) is 6.90. The molecule has 9 heteroatoms. The highest BCUT2D eigenvalue weighted by Gasteiger charge is 2.16. The van der Waals surface area contributed by atoms with Crippen LogP contribution >= 0.6 is 0 Å². The largest absolute Gasteiger partial charge is 0.369 e. The topological polar surface area (TPSA) is 129 Å². The van der Waals surface area contributed by atoms with E-state index in [1.807, 2.05) is 36.4 Å². The molecule has 8 nitrogen and oxygen atoms in total. The van der Waals surface area contributed by atoms with Crippen LogP contribution in [0.2, 0.25) is 0 Å². The fraction of sp³-hybridized carbons (Fsp3) is 0.172. The normalized spacial score (nSPS) is 10.4. The number of rotatable bonds is 11. The number of halogens is 1. The number of carbonyl (C=O) groups is 1. The second kappa shape index (κ2) is 12.9. The number of nitrogens with zero attached hydrogens (tertiary/aromatic N) is 3. The lowest BCUT2D eigenvalue weighted by Crippen LogP contribution is -2.25. The molecular weight excluding hydrogens is 481 g/mol. The van der Waals surface area contributed by atoms with E-state index in [1.54, 1.807) is 30.3 Å². The Morgan fingerprint density at radius 3 is 2.61 bits per heavy atom. The zero-order chi connectivity index (χ0) is 26.7. The van der Waals surface area contributed by atoms with Crippen LogP contribution in [0.1, 0.15) is 27.2 Å². The monoisotopic (exact) mass is 509 g/mol. The summed E-state index contributed by atoms with van der Waals surface area (Å²) < 4.78 is 13.6. The number of aromatic nitrogens is 2. The molecule has 0 aliphatic heterocycles. The van der Waals surface area contributed by atoms with E-state index < -0.39 is 0 Å². The maximum atomic E-state index is 13.6. The predicted molar refractivity (Wildman–Crippen MR) is 146 cm³/mol. The van der Waals surface area contributed by atoms with Crippen molar-refractivity contribution in [2.45, 2.75) is 13.0 Å². The van der Waals surface area contributed by atoms with Gasteiger partial charge in [0, 0.05) is 25.2 Å². The maximum absolute atomic E-state index is 13.6. The van der Waals surface area contributed by atoms with Crippen LogP contribution in [0.3, 0.4) is 0 Å². The molecule has 5 N–H and O–H groups in total. The Labute approximate surface area is 220 Å². The zero-order valence-electron chi connectivity index (χ0n) is 20.7. The van der Waals surface area contributed by atoms with Gasteiger partial charge in [-0.25, -0.2) is 14.4 Å². The number of hydrogen-bond acceptors (Lipinski definition) is 7. The summed E-state index contributed by atoms with van der Waals surface area (Å²) in [6.07, 6.45) is 0.534. The van der Waals surface area contributed by atoms with Crippen molar-refractivity contribution in [1.82, 2.24) is 15.3 Å². The number of nitrogens with two attached hydrogens (primary N) is 1. The molecule has 0 atom stereocenters. The number of benzene rings is 2. The average Bonchev–Trinajstić information content (AvgIpc) is 2.95. The zero-order valence-corrected chi connectivity index (χ0v) is 20.7. The molecule has 0 bridgehead atoms. The molecule has 2 aromatic carbocycles. The molecule has 38 heavy (non-hydrogen) atoms. The molecule has 2 heterocycles. The molecule has 0 fully saturated rings. The van der Waals surface area contributed by atoms with Crippen molar-refractivity contribution in [3.05, 3.63) is 107 Å². The van der Waals surface area contributed by atoms with Crippen LogP contribution in [0, 0.1) is 17.1 Å². The van der Waals surface area contributed by atoms with Gasteiger partial charge in [-0.3, -0.25) is 4.79 Å². The van der Waals surface area contributed by atoms with Crippen molar-refractivity contribution >= 4 is 17.5 Å². The van der Waals surface area contributed by atoms with Gasteiger partial charge < -0.3 is 21.7 Å². The standard InChI is InChI=1S/C29H28FN7O/c30-22-7-3-5-20(17-22)13-15-34-28-25(11-12-26(37-28)24-9-2-1-6-21(24)18-32)29(38)35-19-23-8-4-10-27(36-23)33-16-14-31/h1-12,17H,13-16,19,31H2,(H,33,36)(H,34,37)(H,35,38). The van der Waals surface area contributed by atoms with Crippen LogP contribution < -0.4 is 21.7 Å². The molecule has 2 aromatic heterocycles. The number of nitrogens with one attached hydrogen (secondary N) is 3. The van der Waals surface area contributed by atoms with Gasteiger partial charge in [-0.15, -0.1) is 0 Å². The number of anilines is 2. The minimum absolute atomic E-state index is 0.221. The first-order chi connectivity index (χ1) is 18.6. The highest BCUT2D eigenvalue weighted by atomic mass is 19.1. The summed E-state index contributed by atoms with van der Waals surface area (Å²) in [7, 11) is 0. The summed E-state index contributed by atoms with van der Waals surface area (Å²) in [5.41, 5.74) is 9.11. The van der Waals surface area contributed by atoms with Crippen LogP contribution in [0.5, 0.6) is 0 Å². The van der Waals surface area contributed by atoms with Gasteiger partial charge in [0.15, 0.2) is 0 Å². The van der Waals surface area contributed by atoms with Crippen molar-refractivity contribution in [1.29, 1.82) is 5.26 Å². The third-order valence-electron chi connectivity index (χ3n) is 5.75. The van der Waals surface area contributed by atoms with E-state index in [0.717, 1.165) is 5.56 Å². The van der Waals surface area contributed by atoms with Crippen LogP contribution in [0.15, 0.2) is 78.9 Å². The molecule has 0 spiro atoms. The molecule has 192 valence electrons. The summed E-state index contributed by atoms with van der Waals surface area (Å²) in [6.45, 7) is 1.73. The number of hydrogen-bond donors (Lipinski definition) is 4. The molecular formula is C29H28FN7O. The quantitative estimate of drug-likeness (QED) is 0.239. The second-order valence-corrected chi connectivity index (χ2v) is 8.47. The molecule has 1 amide bonds. The lowest BCUT2D eigenvalue weighted by molar-refractivity contribution is 0.0951. The van der Waals surface area contributed by atoms with Gasteiger partial charge in [0.05, 0.1) is 35.1 Å². The number of pyridine rings is 2. The molecule has 4 aromatic rings. The Hall–Kier alpha value is -4.81. The Morgan fingerprint density at radius 1 is 0.947 bits per heavy atom. The minimum Gasteiger partial charge on any atom is -0.369 e. The molecule has 4 rings (SSSR count). The summed E-state index contributed by atoms with van der Waals surface area (Å²) in [4.78, 5) is 22.4. The maximum Gasteiger partial charge on any atom is 0.255 e. The van der Waals surface area contributed by atoms with E-state index in [2.05, 4.69) is 32.0 Å². The highest BCUT2D eigenvalue weighted by molar-refractivity contribution is 5.99. The van der Waals surface area contributed by atoms with Gasteiger partial charge in [-0.05, 0) is 54.4 Å². The molecule has 0 unspecified atom stereocenters. The van der Waals surface area contributed by atoms with Gasteiger partial charge in [0.2, 0.25) is 0 Å². The number of carbonyl (C=O) groups excluding carboxylic acids is 1. The lowest BCUT2D eigenvalue weighted by atomic mass is 10.0. The fourth-order valence-corrected chi connectivity index (χ4v) is 3.89.